The summed E-state index contributed by atoms with van der Waals surface area (Å²) in [5, 5.41) is 9.46. The van der Waals surface area contributed by atoms with Gasteiger partial charge in [0.05, 0.1) is 5.88 Å². The molecule has 0 fully saturated rings. The van der Waals surface area contributed by atoms with Gasteiger partial charge in [-0.15, -0.1) is 11.6 Å². The van der Waals surface area contributed by atoms with E-state index in [1.807, 2.05) is 0 Å². The van der Waals surface area contributed by atoms with Gasteiger partial charge in [-0.3, -0.25) is 4.79 Å². The molecule has 13 heavy (non-hydrogen) atoms. The van der Waals surface area contributed by atoms with Crippen molar-refractivity contribution in [3.05, 3.63) is 29.8 Å². The first-order valence-electron chi connectivity index (χ1n) is 3.78. The smallest absolute Gasteiger partial charge is 0.180 e. The third-order valence-corrected chi connectivity index (χ3v) is 1.99. The molecular weight excluding hydrogens is 190 g/mol. The lowest BCUT2D eigenvalue weighted by Crippen LogP contribution is -2.14. The zero-order chi connectivity index (χ0) is 9.84. The fourth-order valence-corrected chi connectivity index (χ4v) is 1.15. The lowest BCUT2D eigenvalue weighted by molar-refractivity contribution is -0.124. The largest absolute Gasteiger partial charge is 0.398 e. The quantitative estimate of drug-likeness (QED) is 0.566. The van der Waals surface area contributed by atoms with E-state index < -0.39 is 11.9 Å². The molecule has 70 valence electrons. The van der Waals surface area contributed by atoms with E-state index in [1.165, 1.54) is 0 Å². The molecule has 1 rings (SSSR count). The Morgan fingerprint density at radius 1 is 1.54 bits per heavy atom. The van der Waals surface area contributed by atoms with E-state index in [-0.39, 0.29) is 5.88 Å². The minimum Gasteiger partial charge on any atom is -0.398 e. The van der Waals surface area contributed by atoms with Crippen LogP contribution in [0.4, 0.5) is 5.69 Å². The van der Waals surface area contributed by atoms with Crippen LogP contribution in [0.5, 0.6) is 0 Å². The van der Waals surface area contributed by atoms with Crippen LogP contribution in [0.15, 0.2) is 24.3 Å². The fourth-order valence-electron chi connectivity index (χ4n) is 1.01. The van der Waals surface area contributed by atoms with Gasteiger partial charge in [0.15, 0.2) is 5.78 Å². The third-order valence-electron chi connectivity index (χ3n) is 1.73. The predicted molar refractivity (Wildman–Crippen MR) is 51.5 cm³/mol. The van der Waals surface area contributed by atoms with Gasteiger partial charge in [-0.1, -0.05) is 18.2 Å². The number of benzene rings is 1. The Bertz CT molecular complexity index is 314. The molecule has 0 radical (unpaired) electrons. The van der Waals surface area contributed by atoms with Gasteiger partial charge in [-0.05, 0) is 6.07 Å². The van der Waals surface area contributed by atoms with Crippen molar-refractivity contribution in [3.63, 3.8) is 0 Å². The molecule has 1 atom stereocenters. The summed E-state index contributed by atoms with van der Waals surface area (Å²) in [5.74, 6) is -0.658. The maximum Gasteiger partial charge on any atom is 0.180 e. The molecule has 0 amide bonds. The number of Topliss-reactive ketones (excluding diaryl/α,β-unsaturated/α-hetero) is 1. The van der Waals surface area contributed by atoms with Gasteiger partial charge >= 0.3 is 0 Å². The van der Waals surface area contributed by atoms with Crippen molar-refractivity contribution in [2.24, 2.45) is 0 Å². The highest BCUT2D eigenvalue weighted by Gasteiger charge is 2.17. The van der Waals surface area contributed by atoms with Crippen molar-refractivity contribution in [1.82, 2.24) is 0 Å². The number of carbonyl (C=O) groups excluding carboxylic acids is 1. The van der Waals surface area contributed by atoms with E-state index in [4.69, 9.17) is 17.3 Å². The minimum atomic E-state index is -1.21. The number of nitrogens with two attached hydrogens (primary N) is 1. The molecule has 0 aliphatic rings. The van der Waals surface area contributed by atoms with Crippen molar-refractivity contribution in [1.29, 1.82) is 0 Å². The first-order chi connectivity index (χ1) is 6.16. The standard InChI is InChI=1S/C9H10ClNO2/c10-5-8(12)9(13)6-3-1-2-4-7(6)11/h1-4,9,13H,5,11H2. The lowest BCUT2D eigenvalue weighted by Gasteiger charge is -2.10. The molecule has 0 saturated carbocycles. The van der Waals surface area contributed by atoms with Crippen LogP contribution in [-0.4, -0.2) is 16.8 Å². The van der Waals surface area contributed by atoms with Crippen LogP contribution < -0.4 is 5.73 Å². The van der Waals surface area contributed by atoms with Crippen molar-refractivity contribution >= 4 is 23.1 Å². The van der Waals surface area contributed by atoms with Crippen LogP contribution in [-0.2, 0) is 4.79 Å². The van der Waals surface area contributed by atoms with Crippen LogP contribution >= 0.6 is 11.6 Å². The van der Waals surface area contributed by atoms with Gasteiger partial charge in [0.25, 0.3) is 0 Å². The van der Waals surface area contributed by atoms with E-state index >= 15 is 0 Å². The molecule has 3 N–H and O–H groups in total. The molecule has 0 aliphatic carbocycles. The van der Waals surface area contributed by atoms with E-state index in [9.17, 15) is 9.90 Å². The Hall–Kier alpha value is -1.06. The van der Waals surface area contributed by atoms with E-state index in [1.54, 1.807) is 24.3 Å². The van der Waals surface area contributed by atoms with Gasteiger partial charge in [0.2, 0.25) is 0 Å². The number of hydrogen-bond acceptors (Lipinski definition) is 3. The summed E-state index contributed by atoms with van der Waals surface area (Å²) in [4.78, 5) is 11.0. The Balaban J connectivity index is 2.95. The zero-order valence-corrected chi connectivity index (χ0v) is 7.66. The number of alkyl halides is 1. The van der Waals surface area contributed by atoms with Crippen LogP contribution in [0.3, 0.4) is 0 Å². The van der Waals surface area contributed by atoms with Gasteiger partial charge in [-0.2, -0.15) is 0 Å². The first-order valence-corrected chi connectivity index (χ1v) is 4.31. The van der Waals surface area contributed by atoms with Crippen LogP contribution in [0.25, 0.3) is 0 Å². The topological polar surface area (TPSA) is 63.3 Å². The second kappa shape index (κ2) is 4.25. The van der Waals surface area contributed by atoms with Gasteiger partial charge < -0.3 is 10.8 Å². The average Bonchev–Trinajstić information content (AvgIpc) is 2.16. The summed E-state index contributed by atoms with van der Waals surface area (Å²) >= 11 is 5.30. The number of carbonyl (C=O) groups is 1. The number of para-hydroxylation sites is 1. The maximum atomic E-state index is 11.0. The number of rotatable bonds is 3. The molecule has 3 nitrogen and oxygen atoms in total. The lowest BCUT2D eigenvalue weighted by atomic mass is 10.0. The predicted octanol–water partition coefficient (Wildman–Crippen LogP) is 1.11. The van der Waals surface area contributed by atoms with Crippen molar-refractivity contribution < 1.29 is 9.90 Å². The molecule has 4 heteroatoms. The fraction of sp³-hybridized carbons (Fsp3) is 0.222. The summed E-state index contributed by atoms with van der Waals surface area (Å²) in [7, 11) is 0. The highest BCUT2D eigenvalue weighted by atomic mass is 35.5. The number of hydrogen-bond donors (Lipinski definition) is 2. The van der Waals surface area contributed by atoms with Gasteiger partial charge in [-0.25, -0.2) is 0 Å². The number of aliphatic hydroxyl groups excluding tert-OH is 1. The van der Waals surface area contributed by atoms with E-state index in [2.05, 4.69) is 0 Å². The Morgan fingerprint density at radius 2 is 2.15 bits per heavy atom. The molecule has 0 aromatic heterocycles. The van der Waals surface area contributed by atoms with Crippen LogP contribution in [0, 0.1) is 0 Å². The molecule has 1 aromatic rings. The second-order valence-corrected chi connectivity index (χ2v) is 2.90. The van der Waals surface area contributed by atoms with Crippen molar-refractivity contribution in [2.75, 3.05) is 11.6 Å². The molecule has 0 bridgehead atoms. The van der Waals surface area contributed by atoms with Crippen molar-refractivity contribution in [3.8, 4) is 0 Å². The monoisotopic (exact) mass is 199 g/mol. The SMILES string of the molecule is Nc1ccccc1C(O)C(=O)CCl. The van der Waals surface area contributed by atoms with Crippen molar-refractivity contribution in [2.45, 2.75) is 6.10 Å². The number of anilines is 1. The van der Waals surface area contributed by atoms with Crippen LogP contribution in [0.2, 0.25) is 0 Å². The number of aliphatic hydroxyl groups is 1. The van der Waals surface area contributed by atoms with Gasteiger partial charge in [0, 0.05) is 11.3 Å². The summed E-state index contributed by atoms with van der Waals surface area (Å²) in [5.41, 5.74) is 6.37. The Kier molecular flexibility index (Phi) is 3.28. The van der Waals surface area contributed by atoms with E-state index in [0.29, 0.717) is 11.3 Å². The highest BCUT2D eigenvalue weighted by Crippen LogP contribution is 2.20. The molecule has 0 aliphatic heterocycles. The van der Waals surface area contributed by atoms with E-state index in [0.717, 1.165) is 0 Å². The number of halogens is 1. The molecule has 0 heterocycles. The summed E-state index contributed by atoms with van der Waals surface area (Å²) in [6.45, 7) is 0. The van der Waals surface area contributed by atoms with Crippen LogP contribution in [0.1, 0.15) is 11.7 Å². The number of ketones is 1. The third kappa shape index (κ3) is 2.20. The molecule has 0 saturated heterocycles. The summed E-state index contributed by atoms with van der Waals surface area (Å²) < 4.78 is 0. The Morgan fingerprint density at radius 3 is 2.69 bits per heavy atom. The Labute approximate surface area is 81.1 Å². The summed E-state index contributed by atoms with van der Waals surface area (Å²) in [6.07, 6.45) is -1.21. The average molecular weight is 200 g/mol. The zero-order valence-electron chi connectivity index (χ0n) is 6.90. The molecule has 1 unspecified atom stereocenters. The minimum absolute atomic E-state index is 0.213. The molecular formula is C9H10ClNO2. The van der Waals surface area contributed by atoms with Gasteiger partial charge in [0.1, 0.15) is 6.10 Å². The molecule has 0 spiro atoms. The second-order valence-electron chi connectivity index (χ2n) is 2.63. The number of nitrogen functional groups attached to an aromatic ring is 1. The normalized spacial score (nSPS) is 12.5. The highest BCUT2D eigenvalue weighted by molar-refractivity contribution is 6.28. The maximum absolute atomic E-state index is 11.0. The summed E-state index contributed by atoms with van der Waals surface area (Å²) in [6, 6.07) is 6.66. The molecule has 1 aromatic carbocycles. The first kappa shape index (κ1) is 10.0.